The molecule has 1 N–H and O–H groups in total. The van der Waals surface area contributed by atoms with E-state index in [2.05, 4.69) is 19.9 Å². The zero-order valence-electron chi connectivity index (χ0n) is 10.4. The SMILES string of the molecule is O=C(O)C(CSc1ncccn1)CSc1ncccn1. The van der Waals surface area contributed by atoms with Gasteiger partial charge in [-0.05, 0) is 12.1 Å². The van der Waals surface area contributed by atoms with Crippen LogP contribution in [0.25, 0.3) is 0 Å². The molecule has 0 saturated heterocycles. The molecule has 0 spiro atoms. The van der Waals surface area contributed by atoms with Crippen molar-refractivity contribution in [2.24, 2.45) is 5.92 Å². The highest BCUT2D eigenvalue weighted by Crippen LogP contribution is 2.22. The van der Waals surface area contributed by atoms with Gasteiger partial charge in [0, 0.05) is 36.3 Å². The van der Waals surface area contributed by atoms with Gasteiger partial charge in [-0.3, -0.25) is 4.79 Å². The molecule has 0 aromatic carbocycles. The van der Waals surface area contributed by atoms with Crippen LogP contribution in [0.5, 0.6) is 0 Å². The maximum atomic E-state index is 11.2. The lowest BCUT2D eigenvalue weighted by atomic mass is 10.2. The van der Waals surface area contributed by atoms with Crippen LogP contribution in [0.2, 0.25) is 0 Å². The van der Waals surface area contributed by atoms with E-state index in [1.54, 1.807) is 36.9 Å². The third kappa shape index (κ3) is 4.78. The Labute approximate surface area is 124 Å². The number of carboxylic acid groups (broad SMARTS) is 1. The maximum Gasteiger partial charge on any atom is 0.308 e. The zero-order valence-corrected chi connectivity index (χ0v) is 12.0. The Balaban J connectivity index is 1.86. The number of aromatic nitrogens is 4. The molecule has 2 rings (SSSR count). The molecule has 0 atom stereocenters. The van der Waals surface area contributed by atoms with Gasteiger partial charge < -0.3 is 5.11 Å². The van der Waals surface area contributed by atoms with Gasteiger partial charge in [-0.1, -0.05) is 23.5 Å². The molecule has 0 aliphatic rings. The van der Waals surface area contributed by atoms with Crippen molar-refractivity contribution in [1.29, 1.82) is 0 Å². The molecular weight excluding hydrogens is 296 g/mol. The number of carbonyl (C=O) groups is 1. The summed E-state index contributed by atoms with van der Waals surface area (Å²) in [5.74, 6) is -0.507. The van der Waals surface area contributed by atoms with Gasteiger partial charge in [-0.25, -0.2) is 19.9 Å². The third-order valence-electron chi connectivity index (χ3n) is 2.26. The Morgan fingerprint density at radius 3 is 1.70 bits per heavy atom. The largest absolute Gasteiger partial charge is 0.481 e. The number of aliphatic carboxylic acids is 1. The Hall–Kier alpha value is -1.67. The van der Waals surface area contributed by atoms with Crippen LogP contribution >= 0.6 is 23.5 Å². The Morgan fingerprint density at radius 2 is 1.35 bits per heavy atom. The van der Waals surface area contributed by atoms with E-state index in [0.717, 1.165) is 0 Å². The maximum absolute atomic E-state index is 11.2. The predicted octanol–water partition coefficient (Wildman–Crippen LogP) is 1.85. The monoisotopic (exact) mass is 308 g/mol. The van der Waals surface area contributed by atoms with Gasteiger partial charge >= 0.3 is 5.97 Å². The standard InChI is InChI=1S/C12H12N4O2S2/c17-10(18)9(7-19-11-13-3-1-4-14-11)8-20-12-15-5-2-6-16-12/h1-6,9H,7-8H2,(H,17,18). The van der Waals surface area contributed by atoms with Crippen molar-refractivity contribution < 1.29 is 9.90 Å². The normalized spacial score (nSPS) is 10.7. The fourth-order valence-corrected chi connectivity index (χ4v) is 3.17. The predicted molar refractivity (Wildman–Crippen MR) is 76.6 cm³/mol. The van der Waals surface area contributed by atoms with E-state index in [0.29, 0.717) is 21.8 Å². The summed E-state index contributed by atoms with van der Waals surface area (Å²) in [7, 11) is 0. The number of nitrogens with zero attached hydrogens (tertiary/aromatic N) is 4. The highest BCUT2D eigenvalue weighted by molar-refractivity contribution is 8.00. The lowest BCUT2D eigenvalue weighted by Gasteiger charge is -2.10. The first-order valence-corrected chi connectivity index (χ1v) is 7.75. The third-order valence-corrected chi connectivity index (χ3v) is 4.34. The molecule has 0 bridgehead atoms. The first-order chi connectivity index (χ1) is 9.75. The summed E-state index contributed by atoms with van der Waals surface area (Å²) < 4.78 is 0. The summed E-state index contributed by atoms with van der Waals surface area (Å²) in [5.41, 5.74) is 0. The summed E-state index contributed by atoms with van der Waals surface area (Å²) in [6.45, 7) is 0. The van der Waals surface area contributed by atoms with Crippen LogP contribution in [0.1, 0.15) is 0 Å². The average molecular weight is 308 g/mol. The topological polar surface area (TPSA) is 88.9 Å². The number of rotatable bonds is 7. The fraction of sp³-hybridized carbons (Fsp3) is 0.250. The molecule has 0 radical (unpaired) electrons. The van der Waals surface area contributed by atoms with Gasteiger partial charge in [0.1, 0.15) is 0 Å². The van der Waals surface area contributed by atoms with E-state index in [1.807, 2.05) is 0 Å². The minimum atomic E-state index is -0.836. The minimum Gasteiger partial charge on any atom is -0.481 e. The number of thioether (sulfide) groups is 2. The summed E-state index contributed by atoms with van der Waals surface area (Å²) in [6, 6.07) is 3.45. The van der Waals surface area contributed by atoms with Gasteiger partial charge in [0.25, 0.3) is 0 Å². The molecule has 6 nitrogen and oxygen atoms in total. The first kappa shape index (κ1) is 14.7. The molecule has 2 aromatic rings. The minimum absolute atomic E-state index is 0.416. The Morgan fingerprint density at radius 1 is 0.950 bits per heavy atom. The molecule has 8 heteroatoms. The number of hydrogen-bond acceptors (Lipinski definition) is 7. The van der Waals surface area contributed by atoms with E-state index in [-0.39, 0.29) is 0 Å². The van der Waals surface area contributed by atoms with E-state index in [9.17, 15) is 9.90 Å². The molecule has 0 aliphatic heterocycles. The van der Waals surface area contributed by atoms with Crippen molar-refractivity contribution in [2.75, 3.05) is 11.5 Å². The molecular formula is C12H12N4O2S2. The summed E-state index contributed by atoms with van der Waals surface area (Å²) >= 11 is 2.67. The van der Waals surface area contributed by atoms with E-state index in [4.69, 9.17) is 0 Å². The zero-order chi connectivity index (χ0) is 14.2. The molecule has 0 unspecified atom stereocenters. The van der Waals surface area contributed by atoms with Crippen LogP contribution in [0.4, 0.5) is 0 Å². The van der Waals surface area contributed by atoms with Crippen molar-refractivity contribution in [3.8, 4) is 0 Å². The van der Waals surface area contributed by atoms with Gasteiger partial charge in [0.05, 0.1) is 5.92 Å². The Bertz CT molecular complexity index is 498. The van der Waals surface area contributed by atoms with Gasteiger partial charge in [-0.2, -0.15) is 0 Å². The lowest BCUT2D eigenvalue weighted by molar-refractivity contribution is -0.140. The molecule has 20 heavy (non-hydrogen) atoms. The van der Waals surface area contributed by atoms with Crippen molar-refractivity contribution in [3.63, 3.8) is 0 Å². The molecule has 0 amide bonds. The van der Waals surface area contributed by atoms with E-state index in [1.165, 1.54) is 23.5 Å². The molecule has 0 fully saturated rings. The van der Waals surface area contributed by atoms with Crippen LogP contribution in [0, 0.1) is 5.92 Å². The Kier molecular flexibility index (Phi) is 5.75. The second-order valence-corrected chi connectivity index (χ2v) is 5.69. The van der Waals surface area contributed by atoms with Crippen LogP contribution in [0.3, 0.4) is 0 Å². The number of carboxylic acids is 1. The molecule has 104 valence electrons. The van der Waals surface area contributed by atoms with Gasteiger partial charge in [0.15, 0.2) is 10.3 Å². The van der Waals surface area contributed by atoms with Gasteiger partial charge in [-0.15, -0.1) is 0 Å². The summed E-state index contributed by atoms with van der Waals surface area (Å²) in [6.07, 6.45) is 6.55. The van der Waals surface area contributed by atoms with E-state index < -0.39 is 11.9 Å². The van der Waals surface area contributed by atoms with Crippen molar-refractivity contribution >= 4 is 29.5 Å². The summed E-state index contributed by atoms with van der Waals surface area (Å²) in [4.78, 5) is 27.5. The quantitative estimate of drug-likeness (QED) is 0.612. The average Bonchev–Trinajstić information content (AvgIpc) is 2.49. The first-order valence-electron chi connectivity index (χ1n) is 5.78. The van der Waals surface area contributed by atoms with Crippen LogP contribution in [-0.2, 0) is 4.79 Å². The molecule has 0 saturated carbocycles. The smallest absolute Gasteiger partial charge is 0.308 e. The lowest BCUT2D eigenvalue weighted by Crippen LogP contribution is -2.19. The molecule has 0 aliphatic carbocycles. The molecule has 2 aromatic heterocycles. The van der Waals surface area contributed by atoms with Crippen molar-refractivity contribution in [1.82, 2.24) is 19.9 Å². The van der Waals surface area contributed by atoms with Crippen LogP contribution in [-0.4, -0.2) is 42.5 Å². The van der Waals surface area contributed by atoms with Crippen LogP contribution in [0.15, 0.2) is 47.2 Å². The van der Waals surface area contributed by atoms with Crippen molar-refractivity contribution in [2.45, 2.75) is 10.3 Å². The van der Waals surface area contributed by atoms with E-state index >= 15 is 0 Å². The van der Waals surface area contributed by atoms with Gasteiger partial charge in [0.2, 0.25) is 0 Å². The highest BCUT2D eigenvalue weighted by atomic mass is 32.2. The summed E-state index contributed by atoms with van der Waals surface area (Å²) in [5, 5.41) is 10.4. The second-order valence-electron chi connectivity index (χ2n) is 3.72. The van der Waals surface area contributed by atoms with Crippen LogP contribution < -0.4 is 0 Å². The highest BCUT2D eigenvalue weighted by Gasteiger charge is 2.19. The molecule has 2 heterocycles. The fourth-order valence-electron chi connectivity index (χ4n) is 1.26. The van der Waals surface area contributed by atoms with Crippen molar-refractivity contribution in [3.05, 3.63) is 36.9 Å². The second kappa shape index (κ2) is 7.81. The number of hydrogen-bond donors (Lipinski definition) is 1.